The molecule has 0 saturated carbocycles. The molecule has 1 amide bonds. The molecule has 1 aromatic carbocycles. The second kappa shape index (κ2) is 5.78. The average Bonchev–Trinajstić information content (AvgIpc) is 2.40. The number of amides is 1. The van der Waals surface area contributed by atoms with Crippen molar-refractivity contribution >= 4 is 27.5 Å². The molecule has 1 aliphatic heterocycles. The first-order chi connectivity index (χ1) is 9.38. The predicted molar refractivity (Wildman–Crippen MR) is 76.9 cm³/mol. The number of benzene rings is 1. The van der Waals surface area contributed by atoms with E-state index in [-0.39, 0.29) is 24.9 Å². The van der Waals surface area contributed by atoms with E-state index >= 15 is 0 Å². The van der Waals surface area contributed by atoms with Gasteiger partial charge in [0.1, 0.15) is 0 Å². The van der Waals surface area contributed by atoms with E-state index in [1.54, 1.807) is 24.3 Å². The zero-order valence-electron chi connectivity index (χ0n) is 11.0. The highest BCUT2D eigenvalue weighted by atomic mass is 32.2. The fraction of sp³-hybridized carbons (Fsp3) is 0.417. The highest BCUT2D eigenvalue weighted by molar-refractivity contribution is 7.86. The molecule has 1 aliphatic rings. The number of anilines is 2. The molecule has 0 aliphatic carbocycles. The fourth-order valence-electron chi connectivity index (χ4n) is 2.22. The summed E-state index contributed by atoms with van der Waals surface area (Å²) in [5.41, 5.74) is 6.84. The summed E-state index contributed by atoms with van der Waals surface area (Å²) in [4.78, 5) is 12.1. The Kier molecular flexibility index (Phi) is 4.26. The minimum Gasteiger partial charge on any atom is -0.397 e. The molecule has 8 heteroatoms. The Labute approximate surface area is 118 Å². The van der Waals surface area contributed by atoms with Gasteiger partial charge in [0.15, 0.2) is 0 Å². The quantitative estimate of drug-likeness (QED) is 0.687. The highest BCUT2D eigenvalue weighted by Gasteiger charge is 2.29. The molecule has 0 unspecified atom stereocenters. The molecule has 0 aromatic heterocycles. The largest absolute Gasteiger partial charge is 0.397 e. The zero-order valence-corrected chi connectivity index (χ0v) is 11.8. The molecule has 0 radical (unpaired) electrons. The minimum absolute atomic E-state index is 0.142. The average molecular weight is 298 g/mol. The molecule has 2 rings (SSSR count). The molecule has 1 aromatic rings. The summed E-state index contributed by atoms with van der Waals surface area (Å²) in [6, 6.07) is 7.01. The number of carbonyl (C=O) groups excluding carboxylic acids is 1. The van der Waals surface area contributed by atoms with Crippen LogP contribution in [0.1, 0.15) is 12.8 Å². The summed E-state index contributed by atoms with van der Waals surface area (Å²) in [5, 5.41) is 7.83. The Morgan fingerprint density at radius 1 is 1.25 bits per heavy atom. The Balaban J connectivity index is 1.94. The second-order valence-corrected chi connectivity index (χ2v) is 6.34. The van der Waals surface area contributed by atoms with Gasteiger partial charge in [-0.3, -0.25) is 4.79 Å². The van der Waals surface area contributed by atoms with Crippen LogP contribution in [-0.4, -0.2) is 31.7 Å². The number of nitrogen functional groups attached to an aromatic ring is 1. The molecule has 1 fully saturated rings. The zero-order chi connectivity index (χ0) is 14.8. The lowest BCUT2D eigenvalue weighted by molar-refractivity contribution is -0.120. The summed E-state index contributed by atoms with van der Waals surface area (Å²) in [6.45, 7) is 0.530. The molecule has 1 heterocycles. The standard InChI is InChI=1S/C12H18N4O3S/c13-10-3-1-2-4-11(10)15-12(17)9-5-7-16(8-6-9)20(14,18)19/h1-4,9H,5-8,13H2,(H,15,17)(H2,14,18,19). The van der Waals surface area contributed by atoms with Gasteiger partial charge >= 0.3 is 0 Å². The van der Waals surface area contributed by atoms with Gasteiger partial charge in [0.25, 0.3) is 10.2 Å². The lowest BCUT2D eigenvalue weighted by Crippen LogP contribution is -2.44. The number of nitrogens with two attached hydrogens (primary N) is 2. The van der Waals surface area contributed by atoms with Crippen molar-refractivity contribution in [1.82, 2.24) is 4.31 Å². The third-order valence-electron chi connectivity index (χ3n) is 3.40. The molecule has 0 spiro atoms. The van der Waals surface area contributed by atoms with E-state index in [0.29, 0.717) is 24.2 Å². The molecule has 20 heavy (non-hydrogen) atoms. The summed E-state index contributed by atoms with van der Waals surface area (Å²) in [7, 11) is -3.66. The molecule has 5 N–H and O–H groups in total. The molecule has 1 saturated heterocycles. The van der Waals surface area contributed by atoms with Gasteiger partial charge in [0.2, 0.25) is 5.91 Å². The highest BCUT2D eigenvalue weighted by Crippen LogP contribution is 2.22. The number of piperidine rings is 1. The smallest absolute Gasteiger partial charge is 0.276 e. The first-order valence-electron chi connectivity index (χ1n) is 6.31. The lowest BCUT2D eigenvalue weighted by Gasteiger charge is -2.29. The normalized spacial score (nSPS) is 17.9. The maximum atomic E-state index is 12.1. The van der Waals surface area contributed by atoms with Gasteiger partial charge in [0.05, 0.1) is 11.4 Å². The van der Waals surface area contributed by atoms with Crippen LogP contribution in [0.25, 0.3) is 0 Å². The summed E-state index contributed by atoms with van der Waals surface area (Å²) in [5.74, 6) is -0.371. The molecular weight excluding hydrogens is 280 g/mol. The number of hydrogen-bond acceptors (Lipinski definition) is 4. The number of carbonyl (C=O) groups is 1. The molecule has 0 atom stereocenters. The van der Waals surface area contributed by atoms with Crippen molar-refractivity contribution in [2.24, 2.45) is 11.1 Å². The Hall–Kier alpha value is -1.64. The van der Waals surface area contributed by atoms with Crippen molar-refractivity contribution in [2.45, 2.75) is 12.8 Å². The van der Waals surface area contributed by atoms with Gasteiger partial charge in [0, 0.05) is 19.0 Å². The van der Waals surface area contributed by atoms with Crippen LogP contribution in [0, 0.1) is 5.92 Å². The molecule has 7 nitrogen and oxygen atoms in total. The van der Waals surface area contributed by atoms with Crippen molar-refractivity contribution in [3.8, 4) is 0 Å². The third kappa shape index (κ3) is 3.47. The number of hydrogen-bond donors (Lipinski definition) is 3. The Morgan fingerprint density at radius 2 is 1.85 bits per heavy atom. The van der Waals surface area contributed by atoms with Crippen molar-refractivity contribution in [2.75, 3.05) is 24.1 Å². The minimum atomic E-state index is -3.66. The molecule has 0 bridgehead atoms. The van der Waals surface area contributed by atoms with Crippen molar-refractivity contribution in [3.05, 3.63) is 24.3 Å². The third-order valence-corrected chi connectivity index (χ3v) is 4.49. The summed E-state index contributed by atoms with van der Waals surface area (Å²) < 4.78 is 23.6. The first-order valence-corrected chi connectivity index (χ1v) is 7.81. The van der Waals surface area contributed by atoms with Gasteiger partial charge < -0.3 is 11.1 Å². The summed E-state index contributed by atoms with van der Waals surface area (Å²) in [6.07, 6.45) is 0.907. The molecule has 110 valence electrons. The van der Waals surface area contributed by atoms with Crippen LogP contribution < -0.4 is 16.2 Å². The van der Waals surface area contributed by atoms with E-state index in [2.05, 4.69) is 5.32 Å². The number of nitrogens with zero attached hydrogens (tertiary/aromatic N) is 1. The second-order valence-electron chi connectivity index (χ2n) is 4.79. The van der Waals surface area contributed by atoms with Crippen LogP contribution in [-0.2, 0) is 15.0 Å². The maximum Gasteiger partial charge on any atom is 0.276 e. The van der Waals surface area contributed by atoms with E-state index in [9.17, 15) is 13.2 Å². The van der Waals surface area contributed by atoms with Gasteiger partial charge in [-0.15, -0.1) is 0 Å². The fourth-order valence-corrected chi connectivity index (χ4v) is 2.94. The number of para-hydroxylation sites is 2. The lowest BCUT2D eigenvalue weighted by atomic mass is 9.97. The van der Waals surface area contributed by atoms with Crippen molar-refractivity contribution in [3.63, 3.8) is 0 Å². The van der Waals surface area contributed by atoms with Crippen molar-refractivity contribution < 1.29 is 13.2 Å². The van der Waals surface area contributed by atoms with Crippen molar-refractivity contribution in [1.29, 1.82) is 0 Å². The van der Waals surface area contributed by atoms with E-state index in [1.807, 2.05) is 0 Å². The Morgan fingerprint density at radius 3 is 2.40 bits per heavy atom. The maximum absolute atomic E-state index is 12.1. The Bertz CT molecular complexity index is 594. The van der Waals surface area contributed by atoms with Crippen LogP contribution in [0.15, 0.2) is 24.3 Å². The number of rotatable bonds is 3. The summed E-state index contributed by atoms with van der Waals surface area (Å²) >= 11 is 0. The van der Waals surface area contributed by atoms with Crippen LogP contribution in [0.2, 0.25) is 0 Å². The van der Waals surface area contributed by atoms with E-state index < -0.39 is 10.2 Å². The number of nitrogens with one attached hydrogen (secondary N) is 1. The van der Waals surface area contributed by atoms with E-state index in [0.717, 1.165) is 0 Å². The molecular formula is C12H18N4O3S. The SMILES string of the molecule is Nc1ccccc1NC(=O)C1CCN(S(N)(=O)=O)CC1. The van der Waals surface area contributed by atoms with E-state index in [1.165, 1.54) is 4.31 Å². The van der Waals surface area contributed by atoms with Crippen LogP contribution in [0.3, 0.4) is 0 Å². The first kappa shape index (κ1) is 14.8. The van der Waals surface area contributed by atoms with Gasteiger partial charge in [-0.2, -0.15) is 12.7 Å². The van der Waals surface area contributed by atoms with E-state index in [4.69, 9.17) is 10.9 Å². The van der Waals surface area contributed by atoms with Gasteiger partial charge in [-0.05, 0) is 25.0 Å². The monoisotopic (exact) mass is 298 g/mol. The van der Waals surface area contributed by atoms with Crippen LogP contribution in [0.4, 0.5) is 11.4 Å². The predicted octanol–water partition coefficient (Wildman–Crippen LogP) is 0.123. The van der Waals surface area contributed by atoms with Gasteiger partial charge in [-0.1, -0.05) is 12.1 Å². The van der Waals surface area contributed by atoms with Crippen LogP contribution >= 0.6 is 0 Å². The van der Waals surface area contributed by atoms with Crippen LogP contribution in [0.5, 0.6) is 0 Å². The topological polar surface area (TPSA) is 119 Å². The van der Waals surface area contributed by atoms with Gasteiger partial charge in [-0.25, -0.2) is 5.14 Å².